The Bertz CT molecular complexity index is 1670. The fraction of sp³-hybridized carbons (Fsp3) is 0.333. The first-order valence-electron chi connectivity index (χ1n) is 14.3. The Labute approximate surface area is 232 Å². The molecule has 3 aliphatic heterocycles. The summed E-state index contributed by atoms with van der Waals surface area (Å²) in [5, 5.41) is 0. The Kier molecular flexibility index (Phi) is 5.17. The lowest BCUT2D eigenvalue weighted by Gasteiger charge is -2.40. The lowest BCUT2D eigenvalue weighted by Crippen LogP contribution is -2.53. The molecule has 3 aromatic carbocycles. The van der Waals surface area contributed by atoms with Gasteiger partial charge in [0, 0.05) is 11.6 Å². The summed E-state index contributed by atoms with van der Waals surface area (Å²) in [6, 6.07) is 26.1. The molecule has 8 rings (SSSR count). The van der Waals surface area contributed by atoms with Crippen LogP contribution in [0.4, 0.5) is 4.79 Å². The molecule has 4 aromatic rings. The third-order valence-electron chi connectivity index (χ3n) is 9.64. The van der Waals surface area contributed by atoms with Gasteiger partial charge in [-0.15, -0.1) is 0 Å². The summed E-state index contributed by atoms with van der Waals surface area (Å²) < 4.78 is 5.53. The molecule has 3 fully saturated rings. The van der Waals surface area contributed by atoms with E-state index >= 15 is 0 Å². The van der Waals surface area contributed by atoms with E-state index in [1.807, 2.05) is 66.7 Å². The normalized spacial score (nSPS) is 28.6. The van der Waals surface area contributed by atoms with Gasteiger partial charge in [-0.1, -0.05) is 73.7 Å². The van der Waals surface area contributed by atoms with Crippen LogP contribution in [0.25, 0.3) is 22.3 Å². The summed E-state index contributed by atoms with van der Waals surface area (Å²) in [6.07, 6.45) is 2.11. The van der Waals surface area contributed by atoms with E-state index in [0.29, 0.717) is 6.42 Å². The number of carbonyl (C=O) groups excluding carboxylic acids is 2. The number of para-hydroxylation sites is 2. The van der Waals surface area contributed by atoms with Crippen LogP contribution < -0.4 is 0 Å². The number of amides is 2. The van der Waals surface area contributed by atoms with Crippen molar-refractivity contribution in [2.24, 2.45) is 11.8 Å². The largest absolute Gasteiger partial charge is 0.447 e. The Balaban J connectivity index is 1.32. The van der Waals surface area contributed by atoms with E-state index in [1.165, 1.54) is 4.90 Å². The number of rotatable bonds is 3. The molecule has 200 valence electrons. The molecule has 0 unspecified atom stereocenters. The van der Waals surface area contributed by atoms with Crippen LogP contribution in [0.5, 0.6) is 0 Å². The van der Waals surface area contributed by atoms with E-state index in [1.54, 1.807) is 0 Å². The third-order valence-corrected chi connectivity index (χ3v) is 9.64. The van der Waals surface area contributed by atoms with E-state index in [9.17, 15) is 9.59 Å². The SMILES string of the molecule is C[C@@H]1[C@H]2CCCN2[C@@]2(c3ccccc3-c3nc4ccccc4nc32)[C@H]1C(=O)N1C(=O)OC[C@@H]1Cc1ccccc1. The number of imide groups is 1. The first-order chi connectivity index (χ1) is 19.6. The van der Waals surface area contributed by atoms with Crippen LogP contribution in [-0.2, 0) is 21.5 Å². The molecule has 0 N–H and O–H groups in total. The number of ether oxygens (including phenoxy) is 1. The monoisotopic (exact) mass is 530 g/mol. The summed E-state index contributed by atoms with van der Waals surface area (Å²) >= 11 is 0. The second-order valence-electron chi connectivity index (χ2n) is 11.6. The van der Waals surface area contributed by atoms with Crippen molar-refractivity contribution < 1.29 is 14.3 Å². The van der Waals surface area contributed by atoms with E-state index in [-0.39, 0.29) is 30.5 Å². The van der Waals surface area contributed by atoms with Gasteiger partial charge in [0.05, 0.1) is 34.4 Å². The van der Waals surface area contributed by atoms with Crippen LogP contribution in [-0.4, -0.2) is 57.0 Å². The minimum absolute atomic E-state index is 0.0213. The average Bonchev–Trinajstić information content (AvgIpc) is 3.72. The standard InChI is InChI=1S/C33H30N4O3/c1-20-27-16-9-17-36(27)33(28(20)31(38)37-22(19-40-32(37)39)18-21-10-3-2-4-11-21)24-13-6-5-12-23(24)29-30(33)35-26-15-8-7-14-25(26)34-29/h2-8,10-15,20,22,27-28H,9,16-19H2,1H3/t20-,22+,27-,28-,33+/m1/s1. The highest BCUT2D eigenvalue weighted by Gasteiger charge is 2.68. The number of carbonyl (C=O) groups is 2. The molecule has 0 radical (unpaired) electrons. The van der Waals surface area contributed by atoms with Gasteiger partial charge in [-0.3, -0.25) is 9.69 Å². The molecule has 3 saturated heterocycles. The van der Waals surface area contributed by atoms with Gasteiger partial charge in [-0.25, -0.2) is 19.7 Å². The van der Waals surface area contributed by atoms with Crippen LogP contribution in [0, 0.1) is 11.8 Å². The summed E-state index contributed by atoms with van der Waals surface area (Å²) in [4.78, 5) is 42.5. The highest BCUT2D eigenvalue weighted by atomic mass is 16.6. The topological polar surface area (TPSA) is 75.6 Å². The van der Waals surface area contributed by atoms with Gasteiger partial charge in [-0.05, 0) is 55.0 Å². The Morgan fingerprint density at radius 2 is 1.70 bits per heavy atom. The van der Waals surface area contributed by atoms with Crippen LogP contribution in [0.1, 0.15) is 36.6 Å². The summed E-state index contributed by atoms with van der Waals surface area (Å²) in [7, 11) is 0. The lowest BCUT2D eigenvalue weighted by atomic mass is 9.73. The van der Waals surface area contributed by atoms with Gasteiger partial charge in [0.1, 0.15) is 12.1 Å². The van der Waals surface area contributed by atoms with Crippen LogP contribution in [0.2, 0.25) is 0 Å². The highest BCUT2D eigenvalue weighted by molar-refractivity contribution is 5.98. The van der Waals surface area contributed by atoms with Gasteiger partial charge in [0.25, 0.3) is 0 Å². The van der Waals surface area contributed by atoms with E-state index < -0.39 is 17.6 Å². The molecule has 5 atom stereocenters. The Morgan fingerprint density at radius 3 is 2.52 bits per heavy atom. The molecule has 40 heavy (non-hydrogen) atoms. The Morgan fingerprint density at radius 1 is 0.975 bits per heavy atom. The average molecular weight is 531 g/mol. The first kappa shape index (κ1) is 23.8. The molecule has 4 heterocycles. The minimum atomic E-state index is -0.791. The number of fused-ring (bicyclic) bond motifs is 8. The van der Waals surface area contributed by atoms with E-state index in [4.69, 9.17) is 14.7 Å². The predicted molar refractivity (Wildman–Crippen MR) is 150 cm³/mol. The zero-order valence-corrected chi connectivity index (χ0v) is 22.4. The molecule has 1 aliphatic carbocycles. The summed E-state index contributed by atoms with van der Waals surface area (Å²) in [5.74, 6) is -0.643. The highest BCUT2D eigenvalue weighted by Crippen LogP contribution is 2.62. The maximum Gasteiger partial charge on any atom is 0.416 e. The molecular formula is C33H30N4O3. The number of benzene rings is 3. The fourth-order valence-corrected chi connectivity index (χ4v) is 8.09. The van der Waals surface area contributed by atoms with Gasteiger partial charge in [0.15, 0.2) is 0 Å². The van der Waals surface area contributed by atoms with Crippen LogP contribution in [0.15, 0.2) is 78.9 Å². The van der Waals surface area contributed by atoms with Gasteiger partial charge in [-0.2, -0.15) is 0 Å². The molecule has 7 heteroatoms. The van der Waals surface area contributed by atoms with Gasteiger partial charge >= 0.3 is 6.09 Å². The second-order valence-corrected chi connectivity index (χ2v) is 11.6. The van der Waals surface area contributed by atoms with Crippen molar-refractivity contribution in [1.29, 1.82) is 0 Å². The smallest absolute Gasteiger partial charge is 0.416 e. The van der Waals surface area contributed by atoms with Gasteiger partial charge in [0.2, 0.25) is 5.91 Å². The van der Waals surface area contributed by atoms with Crippen LogP contribution in [0.3, 0.4) is 0 Å². The van der Waals surface area contributed by atoms with E-state index in [2.05, 4.69) is 24.0 Å². The van der Waals surface area contributed by atoms with Gasteiger partial charge < -0.3 is 4.74 Å². The van der Waals surface area contributed by atoms with Crippen molar-refractivity contribution in [1.82, 2.24) is 19.8 Å². The van der Waals surface area contributed by atoms with Crippen molar-refractivity contribution in [2.75, 3.05) is 13.2 Å². The molecule has 1 aromatic heterocycles. The van der Waals surface area contributed by atoms with Crippen molar-refractivity contribution in [3.05, 3.63) is 95.7 Å². The number of nitrogens with zero attached hydrogens (tertiary/aromatic N) is 4. The summed E-state index contributed by atoms with van der Waals surface area (Å²) in [6.45, 7) is 3.26. The number of hydrogen-bond donors (Lipinski definition) is 0. The predicted octanol–water partition coefficient (Wildman–Crippen LogP) is 5.17. The van der Waals surface area contributed by atoms with Crippen molar-refractivity contribution >= 4 is 23.0 Å². The third kappa shape index (κ3) is 3.09. The number of hydrogen-bond acceptors (Lipinski definition) is 6. The minimum Gasteiger partial charge on any atom is -0.447 e. The maximum atomic E-state index is 14.9. The number of aromatic nitrogens is 2. The first-order valence-corrected chi connectivity index (χ1v) is 14.3. The summed E-state index contributed by atoms with van der Waals surface area (Å²) in [5.41, 5.74) is 5.72. The lowest BCUT2D eigenvalue weighted by molar-refractivity contribution is -0.137. The molecule has 7 nitrogen and oxygen atoms in total. The van der Waals surface area contributed by atoms with Crippen molar-refractivity contribution in [2.45, 2.75) is 43.8 Å². The fourth-order valence-electron chi connectivity index (χ4n) is 8.09. The van der Waals surface area contributed by atoms with E-state index in [0.717, 1.165) is 58.5 Å². The quantitative estimate of drug-likeness (QED) is 0.364. The molecule has 0 saturated carbocycles. The molecule has 2 amide bonds. The molecule has 4 aliphatic rings. The van der Waals surface area contributed by atoms with Crippen molar-refractivity contribution in [3.63, 3.8) is 0 Å². The second kappa shape index (κ2) is 8.70. The zero-order valence-electron chi connectivity index (χ0n) is 22.4. The molecular weight excluding hydrogens is 500 g/mol. The van der Waals surface area contributed by atoms with Crippen LogP contribution >= 0.6 is 0 Å². The zero-order chi connectivity index (χ0) is 27.0. The Hall–Kier alpha value is -4.10. The van der Waals surface area contributed by atoms with Crippen molar-refractivity contribution in [3.8, 4) is 11.3 Å². The molecule has 0 bridgehead atoms. The molecule has 1 spiro atoms. The number of cyclic esters (lactones) is 1. The maximum absolute atomic E-state index is 14.9.